The number of alkyl halides is 3. The van der Waals surface area contributed by atoms with E-state index in [1.165, 1.54) is 23.5 Å². The van der Waals surface area contributed by atoms with E-state index >= 15 is 0 Å². The zero-order valence-corrected chi connectivity index (χ0v) is 17.2. The lowest BCUT2D eigenvalue weighted by molar-refractivity contribution is -0.146. The summed E-state index contributed by atoms with van der Waals surface area (Å²) in [6.07, 6.45) is -4.23. The molecular formula is C22H20F3NS2. The summed E-state index contributed by atoms with van der Waals surface area (Å²) in [6.45, 7) is 3.03. The van der Waals surface area contributed by atoms with E-state index in [-0.39, 0.29) is 10.7 Å². The fourth-order valence-corrected chi connectivity index (χ4v) is 6.77. The average Bonchev–Trinajstić information content (AvgIpc) is 2.67. The molecular weight excluding hydrogens is 399 g/mol. The van der Waals surface area contributed by atoms with Gasteiger partial charge in [-0.3, -0.25) is 4.90 Å². The van der Waals surface area contributed by atoms with Gasteiger partial charge in [-0.15, -0.1) is 23.5 Å². The molecule has 4 rings (SSSR count). The number of rotatable bonds is 3. The van der Waals surface area contributed by atoms with Gasteiger partial charge in [0.1, 0.15) is 0 Å². The van der Waals surface area contributed by atoms with Gasteiger partial charge in [-0.05, 0) is 36.1 Å². The fourth-order valence-electron chi connectivity index (χ4n) is 3.71. The van der Waals surface area contributed by atoms with Gasteiger partial charge in [-0.2, -0.15) is 13.2 Å². The largest absolute Gasteiger partial charge is 0.401 e. The molecule has 0 aromatic heterocycles. The number of hydrogen-bond donors (Lipinski definition) is 0. The van der Waals surface area contributed by atoms with E-state index in [9.17, 15) is 13.2 Å². The van der Waals surface area contributed by atoms with Crippen molar-refractivity contribution in [2.45, 2.75) is 30.8 Å². The molecule has 0 saturated heterocycles. The van der Waals surface area contributed by atoms with Gasteiger partial charge in [-0.1, -0.05) is 60.7 Å². The Kier molecular flexibility index (Phi) is 5.38. The van der Waals surface area contributed by atoms with Crippen molar-refractivity contribution in [1.29, 1.82) is 0 Å². The van der Waals surface area contributed by atoms with E-state index in [2.05, 4.69) is 0 Å². The minimum Gasteiger partial charge on any atom is -0.263 e. The van der Waals surface area contributed by atoms with E-state index in [0.717, 1.165) is 32.1 Å². The number of hydrogen-bond acceptors (Lipinski definition) is 3. The topological polar surface area (TPSA) is 3.24 Å². The van der Waals surface area contributed by atoms with Gasteiger partial charge in [0.25, 0.3) is 0 Å². The maximum Gasteiger partial charge on any atom is 0.401 e. The molecule has 2 aliphatic rings. The molecule has 0 spiro atoms. The lowest BCUT2D eigenvalue weighted by Crippen LogP contribution is -2.50. The number of thioether (sulfide) groups is 2. The number of halogens is 3. The summed E-state index contributed by atoms with van der Waals surface area (Å²) in [4.78, 5) is 3.78. The Bertz CT molecular complexity index is 850. The van der Waals surface area contributed by atoms with Crippen LogP contribution in [0.2, 0.25) is 0 Å². The summed E-state index contributed by atoms with van der Waals surface area (Å²) in [5.41, 5.74) is 4.12. The predicted octanol–water partition coefficient (Wildman–Crippen LogP) is 6.86. The predicted molar refractivity (Wildman–Crippen MR) is 114 cm³/mol. The van der Waals surface area contributed by atoms with E-state index in [4.69, 9.17) is 0 Å². The van der Waals surface area contributed by atoms with Crippen LogP contribution in [0.5, 0.6) is 0 Å². The second-order valence-electron chi connectivity index (χ2n) is 6.98. The number of fused-ring (bicyclic) bond motifs is 2. The van der Waals surface area contributed by atoms with E-state index in [0.29, 0.717) is 0 Å². The number of benzene rings is 2. The quantitative estimate of drug-likeness (QED) is 0.535. The van der Waals surface area contributed by atoms with Gasteiger partial charge in [0.05, 0.1) is 17.3 Å². The summed E-state index contributed by atoms with van der Waals surface area (Å²) in [7, 11) is 0. The molecule has 0 N–H and O–H groups in total. The molecule has 2 heterocycles. The maximum atomic E-state index is 13.3. The first-order valence-electron chi connectivity index (χ1n) is 9.03. The highest BCUT2D eigenvalue weighted by molar-refractivity contribution is 8.11. The van der Waals surface area contributed by atoms with Crippen molar-refractivity contribution >= 4 is 33.3 Å². The van der Waals surface area contributed by atoms with E-state index in [1.54, 1.807) is 4.90 Å². The van der Waals surface area contributed by atoms with Crippen LogP contribution in [0.3, 0.4) is 0 Å². The van der Waals surface area contributed by atoms with Gasteiger partial charge in [0.2, 0.25) is 0 Å². The van der Waals surface area contributed by atoms with Crippen molar-refractivity contribution in [3.8, 4) is 0 Å². The maximum absolute atomic E-state index is 13.3. The SMILES string of the molecule is CC1=C(c2ccccc2)SC2C(C)=C(c3ccccc3)SC1N2CC(F)(F)F. The first-order valence-corrected chi connectivity index (χ1v) is 10.8. The first-order chi connectivity index (χ1) is 13.3. The summed E-state index contributed by atoms with van der Waals surface area (Å²) in [6, 6.07) is 19.9. The van der Waals surface area contributed by atoms with Crippen LogP contribution in [0.1, 0.15) is 25.0 Å². The molecule has 2 atom stereocenters. The second kappa shape index (κ2) is 7.65. The molecule has 2 aromatic rings. The van der Waals surface area contributed by atoms with Crippen molar-refractivity contribution in [2.24, 2.45) is 0 Å². The highest BCUT2D eigenvalue weighted by atomic mass is 32.2. The highest BCUT2D eigenvalue weighted by Gasteiger charge is 2.46. The van der Waals surface area contributed by atoms with Gasteiger partial charge in [0.15, 0.2) is 0 Å². The van der Waals surface area contributed by atoms with Crippen LogP contribution < -0.4 is 0 Å². The van der Waals surface area contributed by atoms with Gasteiger partial charge < -0.3 is 0 Å². The van der Waals surface area contributed by atoms with Crippen LogP contribution in [-0.2, 0) is 0 Å². The molecule has 0 fully saturated rings. The van der Waals surface area contributed by atoms with Gasteiger partial charge in [0, 0.05) is 9.81 Å². The average molecular weight is 420 g/mol. The summed E-state index contributed by atoms with van der Waals surface area (Å²) in [5.74, 6) is 0. The normalized spacial score (nSPS) is 23.3. The zero-order valence-electron chi connectivity index (χ0n) is 15.5. The minimum absolute atomic E-state index is 0.331. The lowest BCUT2D eigenvalue weighted by atomic mass is 10.1. The molecule has 0 aliphatic carbocycles. The highest BCUT2D eigenvalue weighted by Crippen LogP contribution is 2.55. The van der Waals surface area contributed by atoms with Crippen molar-refractivity contribution in [3.05, 3.63) is 82.9 Å². The molecule has 0 amide bonds. The van der Waals surface area contributed by atoms with Crippen molar-refractivity contribution in [1.82, 2.24) is 4.90 Å². The van der Waals surface area contributed by atoms with Crippen molar-refractivity contribution in [2.75, 3.05) is 6.54 Å². The first kappa shape index (κ1) is 19.7. The zero-order chi connectivity index (χ0) is 19.9. The lowest BCUT2D eigenvalue weighted by Gasteiger charge is -2.47. The Labute approximate surface area is 171 Å². The minimum atomic E-state index is -4.23. The van der Waals surface area contributed by atoms with E-state index < -0.39 is 12.7 Å². The van der Waals surface area contributed by atoms with Crippen molar-refractivity contribution in [3.63, 3.8) is 0 Å². The van der Waals surface area contributed by atoms with Gasteiger partial charge >= 0.3 is 6.18 Å². The molecule has 2 aliphatic heterocycles. The third kappa shape index (κ3) is 3.78. The Balaban J connectivity index is 1.80. The Hall–Kier alpha value is -1.63. The van der Waals surface area contributed by atoms with Crippen LogP contribution in [0.4, 0.5) is 13.2 Å². The van der Waals surface area contributed by atoms with Crippen molar-refractivity contribution < 1.29 is 13.2 Å². The van der Waals surface area contributed by atoms with Gasteiger partial charge in [-0.25, -0.2) is 0 Å². The number of nitrogens with zero attached hydrogens (tertiary/aromatic N) is 1. The summed E-state index contributed by atoms with van der Waals surface area (Å²) >= 11 is 3.07. The molecule has 1 nitrogen and oxygen atoms in total. The molecule has 6 heteroatoms. The van der Waals surface area contributed by atoms with Crippen LogP contribution in [-0.4, -0.2) is 28.4 Å². The molecule has 0 radical (unpaired) electrons. The molecule has 146 valence electrons. The Morgan fingerprint density at radius 2 is 1.14 bits per heavy atom. The van der Waals surface area contributed by atoms with Crippen LogP contribution >= 0.6 is 23.5 Å². The molecule has 2 aromatic carbocycles. The molecule has 0 saturated carbocycles. The third-order valence-corrected chi connectivity index (χ3v) is 8.23. The third-order valence-electron chi connectivity index (χ3n) is 4.95. The summed E-state index contributed by atoms with van der Waals surface area (Å²) in [5, 5.41) is -0.663. The molecule has 2 bridgehead atoms. The Morgan fingerprint density at radius 1 is 0.750 bits per heavy atom. The standard InChI is InChI=1S/C22H20F3NS2/c1-14-18(16-9-5-3-6-10-16)27-21-15(2)19(17-11-7-4-8-12-17)28-20(14)26(21)13-22(23,24)25/h3-12,20-21H,13H2,1-2H3. The second-order valence-corrected chi connectivity index (χ2v) is 9.17. The fraction of sp³-hybridized carbons (Fsp3) is 0.273. The van der Waals surface area contributed by atoms with Crippen LogP contribution in [0, 0.1) is 0 Å². The smallest absolute Gasteiger partial charge is 0.263 e. The molecule has 28 heavy (non-hydrogen) atoms. The van der Waals surface area contributed by atoms with E-state index in [1.807, 2.05) is 74.5 Å². The van der Waals surface area contributed by atoms with Crippen LogP contribution in [0.25, 0.3) is 9.81 Å². The monoisotopic (exact) mass is 419 g/mol. The summed E-state index contributed by atoms with van der Waals surface area (Å²) < 4.78 is 40.0. The van der Waals surface area contributed by atoms with Crippen LogP contribution in [0.15, 0.2) is 71.8 Å². The molecule has 2 unspecified atom stereocenters. The Morgan fingerprint density at radius 3 is 1.50 bits per heavy atom.